The van der Waals surface area contributed by atoms with Crippen LogP contribution in [-0.2, 0) is 0 Å². The highest BCUT2D eigenvalue weighted by atomic mass is 14.8. The highest BCUT2D eigenvalue weighted by Crippen LogP contribution is 2.23. The normalized spacial score (nSPS) is 10.4. The number of rotatable bonds is 2. The standard InChI is InChI=1S/C16H12N2/c1-2-13-16(12-8-4-3-5-9-12)18-15-11-7-6-10-14(15)17-13/h2-11H,1H2. The van der Waals surface area contributed by atoms with Crippen LogP contribution < -0.4 is 0 Å². The van der Waals surface area contributed by atoms with Crippen molar-refractivity contribution in [2.24, 2.45) is 0 Å². The Morgan fingerprint density at radius 3 is 2.06 bits per heavy atom. The lowest BCUT2D eigenvalue weighted by Crippen LogP contribution is -1.94. The van der Waals surface area contributed by atoms with Gasteiger partial charge in [0, 0.05) is 5.56 Å². The number of para-hydroxylation sites is 2. The predicted octanol–water partition coefficient (Wildman–Crippen LogP) is 3.94. The third-order valence-electron chi connectivity index (χ3n) is 2.84. The molecule has 1 aromatic heterocycles. The van der Waals surface area contributed by atoms with E-state index in [1.165, 1.54) is 0 Å². The van der Waals surface area contributed by atoms with E-state index in [4.69, 9.17) is 0 Å². The van der Waals surface area contributed by atoms with E-state index in [1.807, 2.05) is 54.6 Å². The Bertz CT molecular complexity index is 703. The lowest BCUT2D eigenvalue weighted by Gasteiger charge is -2.06. The Labute approximate surface area is 106 Å². The molecule has 0 unspecified atom stereocenters. The molecule has 0 spiro atoms. The fourth-order valence-electron chi connectivity index (χ4n) is 1.96. The van der Waals surface area contributed by atoms with Crippen LogP contribution >= 0.6 is 0 Å². The molecule has 0 saturated heterocycles. The molecule has 0 aliphatic heterocycles. The maximum atomic E-state index is 4.68. The Morgan fingerprint density at radius 1 is 0.778 bits per heavy atom. The largest absolute Gasteiger partial charge is 0.245 e. The van der Waals surface area contributed by atoms with Crippen molar-refractivity contribution in [1.29, 1.82) is 0 Å². The molecular weight excluding hydrogens is 220 g/mol. The van der Waals surface area contributed by atoms with Gasteiger partial charge < -0.3 is 0 Å². The third kappa shape index (κ3) is 1.78. The van der Waals surface area contributed by atoms with Gasteiger partial charge >= 0.3 is 0 Å². The second-order valence-electron chi connectivity index (χ2n) is 4.02. The Balaban J connectivity index is 2.31. The minimum atomic E-state index is 0.819. The van der Waals surface area contributed by atoms with E-state index in [0.717, 1.165) is 28.0 Å². The molecule has 0 saturated carbocycles. The third-order valence-corrected chi connectivity index (χ3v) is 2.84. The van der Waals surface area contributed by atoms with Gasteiger partial charge in [-0.15, -0.1) is 0 Å². The van der Waals surface area contributed by atoms with Crippen LogP contribution in [0.25, 0.3) is 28.4 Å². The van der Waals surface area contributed by atoms with Crippen LogP contribution in [0.2, 0.25) is 0 Å². The van der Waals surface area contributed by atoms with E-state index in [9.17, 15) is 0 Å². The van der Waals surface area contributed by atoms with Gasteiger partial charge in [-0.3, -0.25) is 0 Å². The Morgan fingerprint density at radius 2 is 1.39 bits per heavy atom. The summed E-state index contributed by atoms with van der Waals surface area (Å²) in [7, 11) is 0. The lowest BCUT2D eigenvalue weighted by molar-refractivity contribution is 1.27. The molecule has 0 atom stereocenters. The van der Waals surface area contributed by atoms with E-state index in [2.05, 4.69) is 16.5 Å². The zero-order valence-electron chi connectivity index (χ0n) is 9.88. The molecule has 86 valence electrons. The van der Waals surface area contributed by atoms with Gasteiger partial charge in [0.2, 0.25) is 0 Å². The van der Waals surface area contributed by atoms with Gasteiger partial charge in [0.05, 0.1) is 22.4 Å². The second-order valence-corrected chi connectivity index (χ2v) is 4.02. The number of aromatic nitrogens is 2. The molecule has 0 aliphatic carbocycles. The van der Waals surface area contributed by atoms with Crippen LogP contribution in [0.15, 0.2) is 61.2 Å². The minimum Gasteiger partial charge on any atom is -0.245 e. The van der Waals surface area contributed by atoms with Gasteiger partial charge in [-0.05, 0) is 18.2 Å². The van der Waals surface area contributed by atoms with E-state index >= 15 is 0 Å². The lowest BCUT2D eigenvalue weighted by atomic mass is 10.1. The molecule has 0 radical (unpaired) electrons. The molecule has 1 heterocycles. The van der Waals surface area contributed by atoms with Gasteiger partial charge in [0.15, 0.2) is 0 Å². The number of benzene rings is 2. The number of hydrogen-bond acceptors (Lipinski definition) is 2. The van der Waals surface area contributed by atoms with Crippen molar-refractivity contribution in [3.63, 3.8) is 0 Å². The van der Waals surface area contributed by atoms with Gasteiger partial charge in [0.1, 0.15) is 0 Å². The van der Waals surface area contributed by atoms with Crippen molar-refractivity contribution in [2.45, 2.75) is 0 Å². The molecule has 3 aromatic rings. The molecule has 0 aliphatic rings. The monoisotopic (exact) mass is 232 g/mol. The van der Waals surface area contributed by atoms with E-state index in [0.29, 0.717) is 0 Å². The SMILES string of the molecule is C=Cc1nc2ccccc2nc1-c1ccccc1. The molecule has 0 N–H and O–H groups in total. The minimum absolute atomic E-state index is 0.819. The van der Waals surface area contributed by atoms with Crippen molar-refractivity contribution in [1.82, 2.24) is 9.97 Å². The second kappa shape index (κ2) is 4.41. The zero-order valence-corrected chi connectivity index (χ0v) is 9.88. The van der Waals surface area contributed by atoms with Gasteiger partial charge in [-0.25, -0.2) is 9.97 Å². The first kappa shape index (κ1) is 10.7. The maximum absolute atomic E-state index is 4.68. The van der Waals surface area contributed by atoms with Gasteiger partial charge in [-0.2, -0.15) is 0 Å². The van der Waals surface area contributed by atoms with E-state index < -0.39 is 0 Å². The molecule has 2 aromatic carbocycles. The summed E-state index contributed by atoms with van der Waals surface area (Å²) in [5.74, 6) is 0. The van der Waals surface area contributed by atoms with Crippen LogP contribution in [0.3, 0.4) is 0 Å². The summed E-state index contributed by atoms with van der Waals surface area (Å²) in [6, 6.07) is 17.9. The van der Waals surface area contributed by atoms with Crippen molar-refractivity contribution >= 4 is 17.1 Å². The summed E-state index contributed by atoms with van der Waals surface area (Å²) < 4.78 is 0. The van der Waals surface area contributed by atoms with Crippen LogP contribution in [0.1, 0.15) is 5.69 Å². The van der Waals surface area contributed by atoms with Crippen LogP contribution in [0.4, 0.5) is 0 Å². The summed E-state index contributed by atoms with van der Waals surface area (Å²) >= 11 is 0. The molecule has 2 heteroatoms. The number of nitrogens with zero attached hydrogens (tertiary/aromatic N) is 2. The van der Waals surface area contributed by atoms with E-state index in [-0.39, 0.29) is 0 Å². The zero-order chi connectivity index (χ0) is 12.4. The first-order valence-electron chi connectivity index (χ1n) is 5.83. The average molecular weight is 232 g/mol. The van der Waals surface area contributed by atoms with Crippen molar-refractivity contribution in [3.05, 3.63) is 66.9 Å². The summed E-state index contributed by atoms with van der Waals surface area (Å²) in [6.07, 6.45) is 1.75. The van der Waals surface area contributed by atoms with Crippen molar-refractivity contribution in [2.75, 3.05) is 0 Å². The van der Waals surface area contributed by atoms with Gasteiger partial charge in [0.25, 0.3) is 0 Å². The quantitative estimate of drug-likeness (QED) is 0.668. The van der Waals surface area contributed by atoms with E-state index in [1.54, 1.807) is 6.08 Å². The van der Waals surface area contributed by atoms with Crippen LogP contribution in [0.5, 0.6) is 0 Å². The average Bonchev–Trinajstić information content (AvgIpc) is 2.46. The Kier molecular flexibility index (Phi) is 2.61. The summed E-state index contributed by atoms with van der Waals surface area (Å²) in [4.78, 5) is 9.27. The summed E-state index contributed by atoms with van der Waals surface area (Å²) in [5.41, 5.74) is 4.56. The number of fused-ring (bicyclic) bond motifs is 1. The summed E-state index contributed by atoms with van der Waals surface area (Å²) in [5, 5.41) is 0. The molecular formula is C16H12N2. The van der Waals surface area contributed by atoms with Crippen molar-refractivity contribution < 1.29 is 0 Å². The fourth-order valence-corrected chi connectivity index (χ4v) is 1.96. The molecule has 18 heavy (non-hydrogen) atoms. The van der Waals surface area contributed by atoms with Gasteiger partial charge in [-0.1, -0.05) is 49.0 Å². The first-order valence-corrected chi connectivity index (χ1v) is 5.83. The number of hydrogen-bond donors (Lipinski definition) is 0. The predicted molar refractivity (Wildman–Crippen MR) is 75.1 cm³/mol. The first-order chi connectivity index (χ1) is 8.88. The summed E-state index contributed by atoms with van der Waals surface area (Å²) in [6.45, 7) is 3.82. The van der Waals surface area contributed by atoms with Crippen molar-refractivity contribution in [3.8, 4) is 11.3 Å². The molecule has 0 bridgehead atoms. The maximum Gasteiger partial charge on any atom is 0.0966 e. The molecule has 0 fully saturated rings. The highest BCUT2D eigenvalue weighted by molar-refractivity contribution is 5.81. The van der Waals surface area contributed by atoms with Crippen LogP contribution in [0, 0.1) is 0 Å². The smallest absolute Gasteiger partial charge is 0.0966 e. The molecule has 0 amide bonds. The highest BCUT2D eigenvalue weighted by Gasteiger charge is 2.07. The topological polar surface area (TPSA) is 25.8 Å². The molecule has 2 nitrogen and oxygen atoms in total. The Hall–Kier alpha value is -2.48. The van der Waals surface area contributed by atoms with Crippen LogP contribution in [-0.4, -0.2) is 9.97 Å². The fraction of sp³-hybridized carbons (Fsp3) is 0. The molecule has 3 rings (SSSR count).